The Kier molecular flexibility index (Phi) is 4.67. The lowest BCUT2D eigenvalue weighted by Gasteiger charge is -2.24. The molecule has 0 fully saturated rings. The topological polar surface area (TPSA) is 62.7 Å². The van der Waals surface area contributed by atoms with Crippen molar-refractivity contribution in [3.8, 4) is 0 Å². The van der Waals surface area contributed by atoms with E-state index >= 15 is 0 Å². The number of carbonyl (C=O) groups is 1. The van der Waals surface area contributed by atoms with E-state index in [-0.39, 0.29) is 11.9 Å². The molecule has 5 nitrogen and oxygen atoms in total. The molecule has 1 aliphatic carbocycles. The number of H-pyrrole nitrogens is 1. The monoisotopic (exact) mass is 364 g/mol. The van der Waals surface area contributed by atoms with Gasteiger partial charge in [-0.15, -0.1) is 0 Å². The molecule has 2 heterocycles. The summed E-state index contributed by atoms with van der Waals surface area (Å²) in [5.41, 5.74) is 4.06. The lowest BCUT2D eigenvalue weighted by Crippen LogP contribution is -2.31. The molecule has 1 atom stereocenters. The summed E-state index contributed by atoms with van der Waals surface area (Å²) in [6.45, 7) is 0.751. The molecule has 0 saturated carbocycles. The van der Waals surface area contributed by atoms with Crippen molar-refractivity contribution in [2.75, 3.05) is 0 Å². The second-order valence-electron chi connectivity index (χ2n) is 6.52. The van der Waals surface area contributed by atoms with E-state index < -0.39 is 0 Å². The molecule has 0 unspecified atom stereocenters. The number of benzene rings is 1. The first-order chi connectivity index (χ1) is 12.7. The number of aromatic amines is 1. The summed E-state index contributed by atoms with van der Waals surface area (Å²) in [5.74, 6) is -0.138. The Bertz CT molecular complexity index is 977. The number of amides is 1. The zero-order valence-electron chi connectivity index (χ0n) is 14.3. The van der Waals surface area contributed by atoms with Gasteiger partial charge in [0.05, 0.1) is 24.3 Å². The van der Waals surface area contributed by atoms with Crippen LogP contribution >= 0.6 is 12.2 Å². The Morgan fingerprint density at radius 2 is 2.12 bits per heavy atom. The highest BCUT2D eigenvalue weighted by Gasteiger charge is 2.26. The number of aromatic nitrogens is 3. The SMILES string of the molecule is O=C(N[C@H]1CCCc2c1cnn2Cc1ccccc1)c1ccc[nH]c1=S. The minimum absolute atomic E-state index is 0.0228. The van der Waals surface area contributed by atoms with E-state index in [4.69, 9.17) is 12.2 Å². The Balaban J connectivity index is 1.56. The first-order valence-corrected chi connectivity index (χ1v) is 9.20. The fourth-order valence-electron chi connectivity index (χ4n) is 3.50. The molecule has 132 valence electrons. The predicted octanol–water partition coefficient (Wildman–Crippen LogP) is 3.80. The van der Waals surface area contributed by atoms with Crippen LogP contribution in [0.3, 0.4) is 0 Å². The van der Waals surface area contributed by atoms with Gasteiger partial charge in [-0.25, -0.2) is 0 Å². The molecular formula is C20H20N4OS. The highest BCUT2D eigenvalue weighted by atomic mass is 32.1. The molecule has 0 aliphatic heterocycles. The zero-order valence-corrected chi connectivity index (χ0v) is 15.1. The number of carbonyl (C=O) groups excluding carboxylic acids is 1. The molecule has 1 aromatic carbocycles. The smallest absolute Gasteiger partial charge is 0.254 e. The molecule has 6 heteroatoms. The maximum Gasteiger partial charge on any atom is 0.254 e. The Morgan fingerprint density at radius 1 is 1.27 bits per heavy atom. The van der Waals surface area contributed by atoms with Crippen LogP contribution in [0.5, 0.6) is 0 Å². The molecule has 1 aliphatic rings. The first-order valence-electron chi connectivity index (χ1n) is 8.79. The van der Waals surface area contributed by atoms with Crippen LogP contribution in [0.15, 0.2) is 54.9 Å². The fraction of sp³-hybridized carbons (Fsp3) is 0.250. The van der Waals surface area contributed by atoms with Gasteiger partial charge in [-0.2, -0.15) is 5.10 Å². The summed E-state index contributed by atoms with van der Waals surface area (Å²) < 4.78 is 2.51. The highest BCUT2D eigenvalue weighted by Crippen LogP contribution is 2.30. The standard InChI is InChI=1S/C20H20N4OS/c25-19(15-8-5-11-21-20(15)26)23-17-9-4-10-18-16(17)12-22-24(18)13-14-6-2-1-3-7-14/h1-3,5-8,11-12,17H,4,9-10,13H2,(H,21,26)(H,23,25)/t17-/m0/s1. The second kappa shape index (κ2) is 7.25. The third-order valence-electron chi connectivity index (χ3n) is 4.81. The van der Waals surface area contributed by atoms with Gasteiger partial charge in [0.25, 0.3) is 5.91 Å². The predicted molar refractivity (Wildman–Crippen MR) is 103 cm³/mol. The number of hydrogen-bond acceptors (Lipinski definition) is 3. The van der Waals surface area contributed by atoms with Gasteiger partial charge in [0.2, 0.25) is 0 Å². The van der Waals surface area contributed by atoms with Crippen LogP contribution in [0.2, 0.25) is 0 Å². The maximum absolute atomic E-state index is 12.6. The van der Waals surface area contributed by atoms with Crippen LogP contribution in [0.1, 0.15) is 46.1 Å². The fourth-order valence-corrected chi connectivity index (χ4v) is 3.73. The number of fused-ring (bicyclic) bond motifs is 1. The zero-order chi connectivity index (χ0) is 17.9. The summed E-state index contributed by atoms with van der Waals surface area (Å²) >= 11 is 5.22. The van der Waals surface area contributed by atoms with Crippen LogP contribution in [0.4, 0.5) is 0 Å². The van der Waals surface area contributed by atoms with E-state index in [1.165, 1.54) is 11.3 Å². The van der Waals surface area contributed by atoms with Gasteiger partial charge in [-0.1, -0.05) is 42.5 Å². The summed E-state index contributed by atoms with van der Waals surface area (Å²) in [4.78, 5) is 15.5. The van der Waals surface area contributed by atoms with Gasteiger partial charge in [-0.05, 0) is 37.0 Å². The van der Waals surface area contributed by atoms with E-state index in [0.29, 0.717) is 10.2 Å². The van der Waals surface area contributed by atoms with E-state index in [0.717, 1.165) is 31.4 Å². The third-order valence-corrected chi connectivity index (χ3v) is 5.14. The molecule has 0 spiro atoms. The first kappa shape index (κ1) is 16.7. The normalized spacial score (nSPS) is 16.1. The molecule has 4 rings (SSSR count). The van der Waals surface area contributed by atoms with Crippen LogP contribution in [-0.4, -0.2) is 20.7 Å². The average molecular weight is 364 g/mol. The summed E-state index contributed by atoms with van der Waals surface area (Å²) in [6.07, 6.45) is 6.55. The van der Waals surface area contributed by atoms with Crippen molar-refractivity contribution in [2.24, 2.45) is 0 Å². The van der Waals surface area contributed by atoms with Crippen LogP contribution in [0.25, 0.3) is 0 Å². The van der Waals surface area contributed by atoms with Gasteiger partial charge in [-0.3, -0.25) is 9.48 Å². The van der Waals surface area contributed by atoms with Gasteiger partial charge in [0.1, 0.15) is 4.64 Å². The lowest BCUT2D eigenvalue weighted by molar-refractivity contribution is 0.0931. The summed E-state index contributed by atoms with van der Waals surface area (Å²) in [7, 11) is 0. The third kappa shape index (κ3) is 3.32. The lowest BCUT2D eigenvalue weighted by atomic mass is 9.92. The van der Waals surface area contributed by atoms with Crippen molar-refractivity contribution < 1.29 is 4.79 Å². The van der Waals surface area contributed by atoms with Crippen LogP contribution in [0, 0.1) is 4.64 Å². The maximum atomic E-state index is 12.6. The van der Waals surface area contributed by atoms with Gasteiger partial charge < -0.3 is 10.3 Å². The number of pyridine rings is 1. The van der Waals surface area contributed by atoms with E-state index in [1.54, 1.807) is 18.3 Å². The second-order valence-corrected chi connectivity index (χ2v) is 6.93. The van der Waals surface area contributed by atoms with Crippen molar-refractivity contribution in [3.05, 3.63) is 81.9 Å². The molecule has 0 radical (unpaired) electrons. The Hall–Kier alpha value is -2.73. The van der Waals surface area contributed by atoms with Gasteiger partial charge >= 0.3 is 0 Å². The van der Waals surface area contributed by atoms with E-state index in [9.17, 15) is 4.79 Å². The number of rotatable bonds is 4. The molecule has 2 N–H and O–H groups in total. The number of nitrogens with zero attached hydrogens (tertiary/aromatic N) is 2. The van der Waals surface area contributed by atoms with Gasteiger partial charge in [0.15, 0.2) is 0 Å². The quantitative estimate of drug-likeness (QED) is 0.692. The van der Waals surface area contributed by atoms with Crippen LogP contribution in [-0.2, 0) is 13.0 Å². The van der Waals surface area contributed by atoms with Crippen molar-refractivity contribution in [3.63, 3.8) is 0 Å². The highest BCUT2D eigenvalue weighted by molar-refractivity contribution is 7.71. The van der Waals surface area contributed by atoms with Crippen molar-refractivity contribution in [1.82, 2.24) is 20.1 Å². The van der Waals surface area contributed by atoms with Crippen molar-refractivity contribution in [2.45, 2.75) is 31.8 Å². The molecule has 0 bridgehead atoms. The van der Waals surface area contributed by atoms with Crippen molar-refractivity contribution >= 4 is 18.1 Å². The number of nitrogens with one attached hydrogen (secondary N) is 2. The average Bonchev–Trinajstić information content (AvgIpc) is 3.07. The van der Waals surface area contributed by atoms with E-state index in [1.807, 2.05) is 24.4 Å². The summed E-state index contributed by atoms with van der Waals surface area (Å²) in [5, 5.41) is 7.71. The Labute approximate surface area is 157 Å². The minimum atomic E-state index is -0.138. The molecule has 0 saturated heterocycles. The molecule has 3 aromatic rings. The van der Waals surface area contributed by atoms with Crippen LogP contribution < -0.4 is 5.32 Å². The summed E-state index contributed by atoms with van der Waals surface area (Å²) in [6, 6.07) is 13.8. The van der Waals surface area contributed by atoms with Crippen molar-refractivity contribution in [1.29, 1.82) is 0 Å². The minimum Gasteiger partial charge on any atom is -0.352 e. The molecule has 1 amide bonds. The Morgan fingerprint density at radius 3 is 2.92 bits per heavy atom. The van der Waals surface area contributed by atoms with E-state index in [2.05, 4.69) is 32.2 Å². The largest absolute Gasteiger partial charge is 0.352 e. The molecule has 26 heavy (non-hydrogen) atoms. The molecule has 2 aromatic heterocycles. The van der Waals surface area contributed by atoms with Gasteiger partial charge in [0, 0.05) is 17.5 Å². The molecular weight excluding hydrogens is 344 g/mol. The number of hydrogen-bond donors (Lipinski definition) is 2.